The Hall–Kier alpha value is -4.10. The summed E-state index contributed by atoms with van der Waals surface area (Å²) in [6.07, 6.45) is 7.92. The van der Waals surface area contributed by atoms with Crippen molar-refractivity contribution in [1.82, 2.24) is 25.2 Å². The summed E-state index contributed by atoms with van der Waals surface area (Å²) in [7, 11) is 0. The van der Waals surface area contributed by atoms with E-state index in [9.17, 15) is 4.79 Å². The maximum atomic E-state index is 11.8. The van der Waals surface area contributed by atoms with E-state index in [4.69, 9.17) is 9.72 Å². The second kappa shape index (κ2) is 14.3. The number of ether oxygens (including phenoxy) is 1. The number of amides is 1. The number of hydrogen-bond acceptors (Lipinski definition) is 6. The van der Waals surface area contributed by atoms with Crippen LogP contribution in [0.3, 0.4) is 0 Å². The Morgan fingerprint density at radius 3 is 1.73 bits per heavy atom. The summed E-state index contributed by atoms with van der Waals surface area (Å²) in [5.41, 5.74) is 6.29. The van der Waals surface area contributed by atoms with E-state index in [2.05, 4.69) is 68.7 Å². The van der Waals surface area contributed by atoms with Crippen molar-refractivity contribution in [3.63, 3.8) is 0 Å². The monoisotopic (exact) mass is 537 g/mol. The topological polar surface area (TPSA) is 80.2 Å². The van der Waals surface area contributed by atoms with Crippen LogP contribution in [-0.2, 0) is 43.6 Å². The molecule has 0 saturated carbocycles. The van der Waals surface area contributed by atoms with Crippen LogP contribution in [0.15, 0.2) is 91.4 Å². The van der Waals surface area contributed by atoms with Gasteiger partial charge in [0, 0.05) is 44.8 Å². The van der Waals surface area contributed by atoms with Gasteiger partial charge in [-0.3, -0.25) is 19.9 Å². The number of aryl methyl sites for hydroxylation is 2. The number of hydrogen-bond donors (Lipinski definition) is 1. The van der Waals surface area contributed by atoms with Gasteiger partial charge in [0.25, 0.3) is 0 Å². The van der Waals surface area contributed by atoms with Crippen LogP contribution in [0.5, 0.6) is 0 Å². The zero-order chi connectivity index (χ0) is 28.2. The lowest BCUT2D eigenvalue weighted by molar-refractivity contribution is 0.0528. The van der Waals surface area contributed by atoms with Crippen molar-refractivity contribution in [1.29, 1.82) is 0 Å². The van der Waals surface area contributed by atoms with Gasteiger partial charge in [0.15, 0.2) is 0 Å². The summed E-state index contributed by atoms with van der Waals surface area (Å²) >= 11 is 0. The Morgan fingerprint density at radius 1 is 0.700 bits per heavy atom. The largest absolute Gasteiger partial charge is 0.444 e. The quantitative estimate of drug-likeness (QED) is 0.241. The van der Waals surface area contributed by atoms with E-state index in [-0.39, 0.29) is 6.09 Å². The number of nitrogens with zero attached hydrogens (tertiary/aromatic N) is 4. The molecule has 4 aromatic rings. The van der Waals surface area contributed by atoms with Crippen molar-refractivity contribution in [3.05, 3.63) is 125 Å². The van der Waals surface area contributed by atoms with Crippen molar-refractivity contribution >= 4 is 6.09 Å². The van der Waals surface area contributed by atoms with Crippen molar-refractivity contribution in [2.24, 2.45) is 0 Å². The Bertz CT molecular complexity index is 1260. The van der Waals surface area contributed by atoms with E-state index in [0.29, 0.717) is 6.54 Å². The zero-order valence-corrected chi connectivity index (χ0v) is 23.7. The molecule has 40 heavy (non-hydrogen) atoms. The molecule has 7 heteroatoms. The zero-order valence-electron chi connectivity index (χ0n) is 23.7. The van der Waals surface area contributed by atoms with Crippen molar-refractivity contribution in [2.75, 3.05) is 6.54 Å². The Balaban J connectivity index is 1.26. The van der Waals surface area contributed by atoms with Gasteiger partial charge in [-0.05, 0) is 87.1 Å². The van der Waals surface area contributed by atoms with E-state index in [0.717, 1.165) is 56.0 Å². The molecule has 3 heterocycles. The van der Waals surface area contributed by atoms with Gasteiger partial charge in [-0.25, -0.2) is 4.79 Å². The third kappa shape index (κ3) is 10.2. The first kappa shape index (κ1) is 28.9. The summed E-state index contributed by atoms with van der Waals surface area (Å²) in [4.78, 5) is 27.9. The highest BCUT2D eigenvalue weighted by Crippen LogP contribution is 2.14. The van der Waals surface area contributed by atoms with Crippen LogP contribution < -0.4 is 5.32 Å². The number of alkyl carbamates (subject to hydrolysis) is 1. The maximum absolute atomic E-state index is 11.8. The van der Waals surface area contributed by atoms with Gasteiger partial charge in [0.1, 0.15) is 5.60 Å². The highest BCUT2D eigenvalue weighted by molar-refractivity contribution is 5.67. The number of aromatic nitrogens is 3. The van der Waals surface area contributed by atoms with E-state index in [1.807, 2.05) is 63.6 Å². The lowest BCUT2D eigenvalue weighted by atomic mass is 10.0. The summed E-state index contributed by atoms with van der Waals surface area (Å²) in [5.74, 6) is 0. The molecule has 1 amide bonds. The molecule has 3 aromatic heterocycles. The third-order valence-electron chi connectivity index (χ3n) is 6.30. The molecule has 7 nitrogen and oxygen atoms in total. The standard InChI is InChI=1S/C33H39N5O2/c1-33(2,3)40-32(39)36-21-18-27-12-10-26(11-13-27)14-15-28-16-17-31(37-22-28)25-38(23-29-8-4-6-19-34-29)24-30-9-5-7-20-35-30/h4-13,16-17,19-20,22H,14-15,18,21,23-25H2,1-3H3,(H,36,39). The van der Waals surface area contributed by atoms with Crippen molar-refractivity contribution in [2.45, 2.75) is 65.3 Å². The second-order valence-corrected chi connectivity index (χ2v) is 10.9. The molecule has 0 unspecified atom stereocenters. The van der Waals surface area contributed by atoms with E-state index in [1.54, 1.807) is 0 Å². The van der Waals surface area contributed by atoms with Crippen molar-refractivity contribution in [3.8, 4) is 0 Å². The second-order valence-electron chi connectivity index (χ2n) is 10.9. The Labute approximate surface area is 237 Å². The number of rotatable bonds is 12. The molecule has 1 N–H and O–H groups in total. The number of nitrogens with one attached hydrogen (secondary N) is 1. The van der Waals surface area contributed by atoms with Gasteiger partial charge in [0.2, 0.25) is 0 Å². The van der Waals surface area contributed by atoms with Crippen molar-refractivity contribution < 1.29 is 9.53 Å². The van der Waals surface area contributed by atoms with E-state index >= 15 is 0 Å². The SMILES string of the molecule is CC(C)(C)OC(=O)NCCc1ccc(CCc2ccc(CN(Cc3ccccn3)Cc3ccccn3)nc2)cc1. The third-order valence-corrected chi connectivity index (χ3v) is 6.30. The van der Waals surface area contributed by atoms with Gasteiger partial charge in [0.05, 0.1) is 17.1 Å². The molecule has 0 atom stereocenters. The van der Waals surface area contributed by atoms with Gasteiger partial charge >= 0.3 is 6.09 Å². The first-order valence-corrected chi connectivity index (χ1v) is 13.8. The van der Waals surface area contributed by atoms with Gasteiger partial charge in [-0.15, -0.1) is 0 Å². The molecular weight excluding hydrogens is 498 g/mol. The van der Waals surface area contributed by atoms with Crippen LogP contribution in [-0.4, -0.2) is 38.1 Å². The van der Waals surface area contributed by atoms with Gasteiger partial charge < -0.3 is 10.1 Å². The first-order chi connectivity index (χ1) is 19.3. The predicted octanol–water partition coefficient (Wildman–Crippen LogP) is 5.93. The highest BCUT2D eigenvalue weighted by atomic mass is 16.6. The average Bonchev–Trinajstić information content (AvgIpc) is 2.93. The summed E-state index contributed by atoms with van der Waals surface area (Å²) < 4.78 is 5.28. The summed E-state index contributed by atoms with van der Waals surface area (Å²) in [6.45, 7) is 8.31. The van der Waals surface area contributed by atoms with Crippen LogP contribution >= 0.6 is 0 Å². The Kier molecular flexibility index (Phi) is 10.4. The van der Waals surface area contributed by atoms with Crippen LogP contribution in [0.2, 0.25) is 0 Å². The minimum Gasteiger partial charge on any atom is -0.444 e. The molecule has 0 aliphatic carbocycles. The molecule has 0 saturated heterocycles. The molecule has 0 spiro atoms. The molecule has 0 fully saturated rings. The molecule has 0 bridgehead atoms. The fourth-order valence-electron chi connectivity index (χ4n) is 4.32. The van der Waals surface area contributed by atoms with Gasteiger partial charge in [-0.1, -0.05) is 42.5 Å². The number of pyridine rings is 3. The maximum Gasteiger partial charge on any atom is 0.407 e. The van der Waals surface area contributed by atoms with Crippen LogP contribution in [0.1, 0.15) is 54.5 Å². The Morgan fingerprint density at radius 2 is 1.23 bits per heavy atom. The molecule has 4 rings (SSSR count). The molecule has 208 valence electrons. The highest BCUT2D eigenvalue weighted by Gasteiger charge is 2.15. The molecule has 0 aliphatic rings. The summed E-state index contributed by atoms with van der Waals surface area (Å²) in [5, 5.41) is 2.81. The molecule has 1 aromatic carbocycles. The van der Waals surface area contributed by atoms with E-state index < -0.39 is 5.60 Å². The predicted molar refractivity (Wildman–Crippen MR) is 157 cm³/mol. The van der Waals surface area contributed by atoms with Crippen LogP contribution in [0.25, 0.3) is 0 Å². The number of carbonyl (C=O) groups excluding carboxylic acids is 1. The molecule has 0 radical (unpaired) electrons. The smallest absolute Gasteiger partial charge is 0.407 e. The fourth-order valence-corrected chi connectivity index (χ4v) is 4.32. The number of carbonyl (C=O) groups is 1. The fraction of sp³-hybridized carbons (Fsp3) is 0.333. The van der Waals surface area contributed by atoms with E-state index in [1.165, 1.54) is 16.7 Å². The van der Waals surface area contributed by atoms with Crippen LogP contribution in [0, 0.1) is 0 Å². The normalized spacial score (nSPS) is 11.4. The lowest BCUT2D eigenvalue weighted by Gasteiger charge is -2.21. The molecular formula is C33H39N5O2. The minimum atomic E-state index is -0.484. The lowest BCUT2D eigenvalue weighted by Crippen LogP contribution is -2.33. The molecule has 0 aliphatic heterocycles. The van der Waals surface area contributed by atoms with Gasteiger partial charge in [-0.2, -0.15) is 0 Å². The summed E-state index contributed by atoms with van der Waals surface area (Å²) in [6, 6.07) is 24.9. The average molecular weight is 538 g/mol. The van der Waals surface area contributed by atoms with Crippen LogP contribution in [0.4, 0.5) is 4.79 Å². The number of benzene rings is 1. The first-order valence-electron chi connectivity index (χ1n) is 13.8. The minimum absolute atomic E-state index is 0.377.